The topological polar surface area (TPSA) is 67.4 Å². The van der Waals surface area contributed by atoms with E-state index in [1.54, 1.807) is 6.92 Å². The molecule has 0 spiro atoms. The number of methoxy groups -OCH3 is 1. The molecule has 2 aromatic rings. The molecular weight excluding hydrogens is 319 g/mol. The number of halogens is 1. The van der Waals surface area contributed by atoms with E-state index in [0.29, 0.717) is 5.56 Å². The molecule has 0 bridgehead atoms. The summed E-state index contributed by atoms with van der Waals surface area (Å²) >= 11 is 1.52. The lowest BCUT2D eigenvalue weighted by atomic mass is 10.2. The van der Waals surface area contributed by atoms with E-state index in [1.807, 2.05) is 16.8 Å². The van der Waals surface area contributed by atoms with Gasteiger partial charge in [-0.1, -0.05) is 6.07 Å². The lowest BCUT2D eigenvalue weighted by Gasteiger charge is -2.14. The van der Waals surface area contributed by atoms with Crippen molar-refractivity contribution in [3.63, 3.8) is 0 Å². The fraction of sp³-hybridized carbons (Fsp3) is 0.250. The normalized spacial score (nSPS) is 11.8. The Labute approximate surface area is 137 Å². The van der Waals surface area contributed by atoms with Gasteiger partial charge in [0.25, 0.3) is 0 Å². The fourth-order valence-electron chi connectivity index (χ4n) is 1.92. The van der Waals surface area contributed by atoms with E-state index in [-0.39, 0.29) is 18.3 Å². The summed E-state index contributed by atoms with van der Waals surface area (Å²) in [7, 11) is 1.53. The largest absolute Gasteiger partial charge is 0.375 e. The highest BCUT2D eigenvalue weighted by molar-refractivity contribution is 7.07. The number of hydrogen-bond acceptors (Lipinski definition) is 4. The molecule has 5 nitrogen and oxygen atoms in total. The monoisotopic (exact) mass is 336 g/mol. The molecule has 1 unspecified atom stereocenters. The Morgan fingerprint density at radius 2 is 2.09 bits per heavy atom. The van der Waals surface area contributed by atoms with Crippen molar-refractivity contribution in [3.05, 3.63) is 52.0 Å². The van der Waals surface area contributed by atoms with Crippen LogP contribution in [-0.4, -0.2) is 25.5 Å². The van der Waals surface area contributed by atoms with E-state index in [9.17, 15) is 14.0 Å². The molecule has 0 aliphatic rings. The first-order valence-electron chi connectivity index (χ1n) is 6.91. The van der Waals surface area contributed by atoms with Crippen molar-refractivity contribution in [2.75, 3.05) is 19.0 Å². The van der Waals surface area contributed by atoms with Gasteiger partial charge in [0.2, 0.25) is 0 Å². The van der Waals surface area contributed by atoms with E-state index in [2.05, 4.69) is 10.6 Å². The number of nitrogens with one attached hydrogen (secondary N) is 2. The van der Waals surface area contributed by atoms with Crippen LogP contribution < -0.4 is 10.6 Å². The van der Waals surface area contributed by atoms with Crippen molar-refractivity contribution in [1.29, 1.82) is 0 Å². The second-order valence-electron chi connectivity index (χ2n) is 4.91. The zero-order valence-electron chi connectivity index (χ0n) is 12.8. The molecule has 0 aliphatic heterocycles. The van der Waals surface area contributed by atoms with Gasteiger partial charge in [-0.25, -0.2) is 4.39 Å². The maximum atomic E-state index is 13.4. The summed E-state index contributed by atoms with van der Waals surface area (Å²) in [6, 6.07) is 6.12. The maximum absolute atomic E-state index is 13.4. The average molecular weight is 336 g/mol. The predicted molar refractivity (Wildman–Crippen MR) is 86.8 cm³/mol. The van der Waals surface area contributed by atoms with Crippen LogP contribution in [0.3, 0.4) is 0 Å². The zero-order valence-corrected chi connectivity index (χ0v) is 13.6. The molecular formula is C16H17FN2O3S. The zero-order chi connectivity index (χ0) is 16.8. The van der Waals surface area contributed by atoms with Crippen LogP contribution in [0.25, 0.3) is 0 Å². The summed E-state index contributed by atoms with van der Waals surface area (Å²) in [5.41, 5.74) is 1.62. The summed E-state index contributed by atoms with van der Waals surface area (Å²) in [4.78, 5) is 23.6. The molecule has 0 saturated heterocycles. The minimum Gasteiger partial charge on any atom is -0.375 e. The number of aryl methyl sites for hydroxylation is 1. The molecule has 23 heavy (non-hydrogen) atoms. The van der Waals surface area contributed by atoms with Crippen molar-refractivity contribution >= 4 is 28.8 Å². The van der Waals surface area contributed by atoms with E-state index in [4.69, 9.17) is 4.74 Å². The van der Waals surface area contributed by atoms with Gasteiger partial charge >= 0.3 is 11.8 Å². The third-order valence-electron chi connectivity index (χ3n) is 3.28. The molecule has 0 radical (unpaired) electrons. The second-order valence-corrected chi connectivity index (χ2v) is 5.69. The first-order chi connectivity index (χ1) is 11.0. The second kappa shape index (κ2) is 7.85. The van der Waals surface area contributed by atoms with Crippen molar-refractivity contribution in [2.45, 2.75) is 13.0 Å². The minimum absolute atomic E-state index is 0.168. The lowest BCUT2D eigenvalue weighted by Crippen LogP contribution is -2.37. The molecule has 2 amide bonds. The van der Waals surface area contributed by atoms with Crippen LogP contribution in [0.15, 0.2) is 35.0 Å². The van der Waals surface area contributed by atoms with Crippen LogP contribution in [-0.2, 0) is 14.3 Å². The number of hydrogen-bond donors (Lipinski definition) is 2. The highest BCUT2D eigenvalue weighted by Crippen LogP contribution is 2.18. The molecule has 122 valence electrons. The average Bonchev–Trinajstić information content (AvgIpc) is 3.05. The molecule has 1 atom stereocenters. The van der Waals surface area contributed by atoms with Gasteiger partial charge in [-0.15, -0.1) is 0 Å². The van der Waals surface area contributed by atoms with Gasteiger partial charge in [0, 0.05) is 19.3 Å². The van der Waals surface area contributed by atoms with Crippen LogP contribution in [0.4, 0.5) is 10.1 Å². The Morgan fingerprint density at radius 3 is 2.70 bits per heavy atom. The number of ether oxygens (including phenoxy) is 1. The summed E-state index contributed by atoms with van der Waals surface area (Å²) in [5.74, 6) is -2.10. The Balaban J connectivity index is 1.89. The highest BCUT2D eigenvalue weighted by atomic mass is 32.1. The van der Waals surface area contributed by atoms with Gasteiger partial charge in [-0.2, -0.15) is 11.3 Å². The van der Waals surface area contributed by atoms with E-state index >= 15 is 0 Å². The number of anilines is 1. The minimum atomic E-state index is -0.853. The fourth-order valence-corrected chi connectivity index (χ4v) is 2.62. The molecule has 1 heterocycles. The van der Waals surface area contributed by atoms with Gasteiger partial charge in [0.15, 0.2) is 0 Å². The highest BCUT2D eigenvalue weighted by Gasteiger charge is 2.17. The van der Waals surface area contributed by atoms with Gasteiger partial charge in [0.1, 0.15) is 11.9 Å². The Hall–Kier alpha value is -2.25. The maximum Gasteiger partial charge on any atom is 0.313 e. The molecule has 2 rings (SSSR count). The Kier molecular flexibility index (Phi) is 5.84. The van der Waals surface area contributed by atoms with Gasteiger partial charge < -0.3 is 15.4 Å². The molecule has 0 aliphatic carbocycles. The number of amides is 2. The van der Waals surface area contributed by atoms with Crippen molar-refractivity contribution in [2.24, 2.45) is 0 Å². The van der Waals surface area contributed by atoms with Crippen molar-refractivity contribution in [3.8, 4) is 0 Å². The molecule has 1 aromatic heterocycles. The van der Waals surface area contributed by atoms with E-state index in [0.717, 1.165) is 5.56 Å². The van der Waals surface area contributed by atoms with Crippen molar-refractivity contribution < 1.29 is 18.7 Å². The number of carbonyl (C=O) groups is 2. The summed E-state index contributed by atoms with van der Waals surface area (Å²) in [5, 5.41) is 8.68. The van der Waals surface area contributed by atoms with Crippen LogP contribution in [0, 0.1) is 12.7 Å². The third kappa shape index (κ3) is 4.61. The standard InChI is InChI=1S/C16H17FN2O3S/c1-10-3-4-12(7-13(10)17)19-16(21)15(20)18-8-14(22-2)11-5-6-23-9-11/h3-7,9,14H,8H2,1-2H3,(H,18,20)(H,19,21). The molecule has 0 saturated carbocycles. The van der Waals surface area contributed by atoms with Gasteiger partial charge in [-0.3, -0.25) is 9.59 Å². The number of carbonyl (C=O) groups excluding carboxylic acids is 2. The number of thiophene rings is 1. The smallest absolute Gasteiger partial charge is 0.313 e. The van der Waals surface area contributed by atoms with Crippen molar-refractivity contribution in [1.82, 2.24) is 5.32 Å². The van der Waals surface area contributed by atoms with Gasteiger partial charge in [0.05, 0.1) is 0 Å². The van der Waals surface area contributed by atoms with Crippen LogP contribution in [0.1, 0.15) is 17.2 Å². The lowest BCUT2D eigenvalue weighted by molar-refractivity contribution is -0.136. The first-order valence-corrected chi connectivity index (χ1v) is 7.85. The summed E-state index contributed by atoms with van der Waals surface area (Å²) in [6.45, 7) is 1.78. The van der Waals surface area contributed by atoms with Crippen LogP contribution in [0.2, 0.25) is 0 Å². The van der Waals surface area contributed by atoms with E-state index < -0.39 is 17.6 Å². The Bertz CT molecular complexity index is 689. The Morgan fingerprint density at radius 1 is 1.30 bits per heavy atom. The SMILES string of the molecule is COC(CNC(=O)C(=O)Nc1ccc(C)c(F)c1)c1ccsc1. The van der Waals surface area contributed by atoms with Crippen LogP contribution >= 0.6 is 11.3 Å². The number of rotatable bonds is 5. The first kappa shape index (κ1) is 17.1. The predicted octanol–water partition coefficient (Wildman–Crippen LogP) is 2.64. The molecule has 2 N–H and O–H groups in total. The quantitative estimate of drug-likeness (QED) is 0.825. The third-order valence-corrected chi connectivity index (χ3v) is 3.98. The van der Waals surface area contributed by atoms with E-state index in [1.165, 1.54) is 36.6 Å². The van der Waals surface area contributed by atoms with Crippen LogP contribution in [0.5, 0.6) is 0 Å². The summed E-state index contributed by atoms with van der Waals surface area (Å²) < 4.78 is 18.7. The number of benzene rings is 1. The molecule has 1 aromatic carbocycles. The molecule has 0 fully saturated rings. The molecule has 7 heteroatoms. The van der Waals surface area contributed by atoms with Gasteiger partial charge in [-0.05, 0) is 47.0 Å². The summed E-state index contributed by atoms with van der Waals surface area (Å²) in [6.07, 6.45) is -0.324.